The summed E-state index contributed by atoms with van der Waals surface area (Å²) in [5.41, 5.74) is 2.92. The minimum atomic E-state index is -0.380. The van der Waals surface area contributed by atoms with Gasteiger partial charge in [-0.25, -0.2) is 9.78 Å². The van der Waals surface area contributed by atoms with E-state index in [4.69, 9.17) is 20.8 Å². The van der Waals surface area contributed by atoms with Crippen molar-refractivity contribution in [2.45, 2.75) is 25.7 Å². The zero-order valence-electron chi connectivity index (χ0n) is 13.1. The fraction of sp³-hybridized carbons (Fsp3) is 0.278. The first-order valence-corrected chi connectivity index (χ1v) is 8.21. The molecule has 2 aromatic heterocycles. The molecule has 5 nitrogen and oxygen atoms in total. The smallest absolute Gasteiger partial charge is 0.337 e. The third kappa shape index (κ3) is 2.45. The zero-order chi connectivity index (χ0) is 16.7. The fourth-order valence-corrected chi connectivity index (χ4v) is 3.39. The van der Waals surface area contributed by atoms with Gasteiger partial charge in [-0.2, -0.15) is 4.98 Å². The number of fused-ring (bicyclic) bond motifs is 3. The summed E-state index contributed by atoms with van der Waals surface area (Å²) in [7, 11) is 1.35. The summed E-state index contributed by atoms with van der Waals surface area (Å²) in [5, 5.41) is 1.25. The van der Waals surface area contributed by atoms with Gasteiger partial charge in [0.05, 0.1) is 18.1 Å². The van der Waals surface area contributed by atoms with Gasteiger partial charge in [-0.05, 0) is 31.4 Å². The number of furan rings is 1. The number of carbonyl (C=O) groups is 1. The van der Waals surface area contributed by atoms with E-state index in [1.54, 1.807) is 24.3 Å². The molecule has 0 spiro atoms. The lowest BCUT2D eigenvalue weighted by Gasteiger charge is -2.08. The zero-order valence-corrected chi connectivity index (χ0v) is 13.9. The van der Waals surface area contributed by atoms with E-state index < -0.39 is 0 Å². The van der Waals surface area contributed by atoms with Crippen LogP contribution >= 0.6 is 11.6 Å². The van der Waals surface area contributed by atoms with E-state index in [9.17, 15) is 4.79 Å². The van der Waals surface area contributed by atoms with Crippen LogP contribution in [-0.4, -0.2) is 23.0 Å². The van der Waals surface area contributed by atoms with Crippen LogP contribution < -0.4 is 0 Å². The van der Waals surface area contributed by atoms with Gasteiger partial charge in [0.25, 0.3) is 0 Å². The van der Waals surface area contributed by atoms with Crippen molar-refractivity contribution in [3.05, 3.63) is 46.3 Å². The summed E-state index contributed by atoms with van der Waals surface area (Å²) in [6.45, 7) is 0. The molecular weight excluding hydrogens is 328 g/mol. The monoisotopic (exact) mass is 342 g/mol. The molecular formula is C18H15ClN2O3. The molecule has 122 valence electrons. The van der Waals surface area contributed by atoms with Crippen LogP contribution in [0.3, 0.4) is 0 Å². The quantitative estimate of drug-likeness (QED) is 0.515. The van der Waals surface area contributed by atoms with E-state index >= 15 is 0 Å². The highest BCUT2D eigenvalue weighted by molar-refractivity contribution is 6.34. The second-order valence-electron chi connectivity index (χ2n) is 5.80. The third-order valence-corrected chi connectivity index (χ3v) is 4.61. The summed E-state index contributed by atoms with van der Waals surface area (Å²) in [4.78, 5) is 20.5. The van der Waals surface area contributed by atoms with Gasteiger partial charge < -0.3 is 9.15 Å². The Balaban J connectivity index is 1.79. The SMILES string of the molecule is COC(=O)c1ccc(-c2nc(Cl)c3c4c(oc3n2)CCCC4)cc1. The molecule has 0 unspecified atom stereocenters. The lowest BCUT2D eigenvalue weighted by atomic mass is 9.97. The van der Waals surface area contributed by atoms with E-state index in [1.165, 1.54) is 7.11 Å². The van der Waals surface area contributed by atoms with Crippen LogP contribution in [0.4, 0.5) is 0 Å². The molecule has 1 aliphatic rings. The number of halogens is 1. The van der Waals surface area contributed by atoms with Crippen molar-refractivity contribution in [2.75, 3.05) is 7.11 Å². The average molecular weight is 343 g/mol. The number of esters is 1. The Bertz CT molecular complexity index is 932. The summed E-state index contributed by atoms with van der Waals surface area (Å²) in [6.07, 6.45) is 4.14. The van der Waals surface area contributed by atoms with Gasteiger partial charge in [0.1, 0.15) is 10.9 Å². The molecule has 1 aromatic carbocycles. The Kier molecular flexibility index (Phi) is 3.73. The van der Waals surface area contributed by atoms with Crippen molar-refractivity contribution >= 4 is 28.7 Å². The summed E-state index contributed by atoms with van der Waals surface area (Å²) < 4.78 is 10.6. The summed E-state index contributed by atoms with van der Waals surface area (Å²) in [6, 6.07) is 6.89. The highest BCUT2D eigenvalue weighted by Gasteiger charge is 2.22. The Hall–Kier alpha value is -2.40. The predicted molar refractivity (Wildman–Crippen MR) is 90.2 cm³/mol. The first kappa shape index (κ1) is 15.1. The number of hydrogen-bond donors (Lipinski definition) is 0. The van der Waals surface area contributed by atoms with Crippen molar-refractivity contribution in [3.63, 3.8) is 0 Å². The van der Waals surface area contributed by atoms with Gasteiger partial charge in [0.15, 0.2) is 5.82 Å². The van der Waals surface area contributed by atoms with E-state index in [2.05, 4.69) is 9.97 Å². The number of ether oxygens (including phenoxy) is 1. The molecule has 3 aromatic rings. The third-order valence-electron chi connectivity index (χ3n) is 4.33. The minimum Gasteiger partial charge on any atom is -0.465 e. The average Bonchev–Trinajstić information content (AvgIpc) is 3.00. The van der Waals surface area contributed by atoms with Crippen LogP contribution in [-0.2, 0) is 17.6 Å². The number of aromatic nitrogens is 2. The number of rotatable bonds is 2. The molecule has 0 N–H and O–H groups in total. The van der Waals surface area contributed by atoms with Crippen molar-refractivity contribution in [1.29, 1.82) is 0 Å². The fourth-order valence-electron chi connectivity index (χ4n) is 3.12. The molecule has 0 saturated heterocycles. The molecule has 0 fully saturated rings. The van der Waals surface area contributed by atoms with E-state index in [1.807, 2.05) is 0 Å². The molecule has 6 heteroatoms. The molecule has 4 rings (SSSR count). The maximum absolute atomic E-state index is 11.5. The molecule has 0 amide bonds. The summed E-state index contributed by atoms with van der Waals surface area (Å²) >= 11 is 6.41. The second kappa shape index (κ2) is 5.91. The number of aryl methyl sites for hydroxylation is 2. The molecule has 0 atom stereocenters. The Morgan fingerprint density at radius 3 is 2.67 bits per heavy atom. The van der Waals surface area contributed by atoms with E-state index in [0.29, 0.717) is 22.3 Å². The van der Waals surface area contributed by atoms with Gasteiger partial charge in [0, 0.05) is 17.5 Å². The topological polar surface area (TPSA) is 65.2 Å². The largest absolute Gasteiger partial charge is 0.465 e. The van der Waals surface area contributed by atoms with Gasteiger partial charge in [-0.15, -0.1) is 0 Å². The molecule has 24 heavy (non-hydrogen) atoms. The normalized spacial score (nSPS) is 13.8. The van der Waals surface area contributed by atoms with Crippen molar-refractivity contribution in [1.82, 2.24) is 9.97 Å². The highest BCUT2D eigenvalue weighted by Crippen LogP contribution is 2.35. The van der Waals surface area contributed by atoms with Crippen LogP contribution in [0.15, 0.2) is 28.7 Å². The van der Waals surface area contributed by atoms with E-state index in [-0.39, 0.29) is 5.97 Å². The minimum absolute atomic E-state index is 0.380. The van der Waals surface area contributed by atoms with Gasteiger partial charge in [-0.1, -0.05) is 23.7 Å². The molecule has 2 heterocycles. The molecule has 1 aliphatic carbocycles. The number of nitrogens with zero attached hydrogens (tertiary/aromatic N) is 2. The van der Waals surface area contributed by atoms with Crippen molar-refractivity contribution in [2.24, 2.45) is 0 Å². The van der Waals surface area contributed by atoms with Gasteiger partial charge in [-0.3, -0.25) is 0 Å². The predicted octanol–water partition coefficient (Wildman–Crippen LogP) is 4.21. The van der Waals surface area contributed by atoms with Crippen molar-refractivity contribution < 1.29 is 13.9 Å². The highest BCUT2D eigenvalue weighted by atomic mass is 35.5. The van der Waals surface area contributed by atoms with Gasteiger partial charge in [0.2, 0.25) is 5.71 Å². The van der Waals surface area contributed by atoms with Crippen LogP contribution in [0.1, 0.15) is 34.5 Å². The van der Waals surface area contributed by atoms with Crippen LogP contribution in [0.5, 0.6) is 0 Å². The Labute approximate surface area is 143 Å². The number of methoxy groups -OCH3 is 1. The standard InChI is InChI=1S/C18H15ClN2O3/c1-23-18(22)11-8-6-10(7-9-11)16-20-15(19)14-12-4-2-3-5-13(12)24-17(14)21-16/h6-9H,2-5H2,1H3. The molecule has 0 bridgehead atoms. The van der Waals surface area contributed by atoms with Crippen LogP contribution in [0, 0.1) is 0 Å². The Morgan fingerprint density at radius 1 is 1.17 bits per heavy atom. The first-order valence-electron chi connectivity index (χ1n) is 7.84. The summed E-state index contributed by atoms with van der Waals surface area (Å²) in [5.74, 6) is 1.08. The number of hydrogen-bond acceptors (Lipinski definition) is 5. The second-order valence-corrected chi connectivity index (χ2v) is 6.16. The number of carbonyl (C=O) groups excluding carboxylic acids is 1. The molecule has 0 saturated carbocycles. The first-order chi connectivity index (χ1) is 11.7. The lowest BCUT2D eigenvalue weighted by Crippen LogP contribution is -2.01. The number of benzene rings is 1. The maximum Gasteiger partial charge on any atom is 0.337 e. The molecule has 0 radical (unpaired) electrons. The van der Waals surface area contributed by atoms with Crippen molar-refractivity contribution in [3.8, 4) is 11.4 Å². The Morgan fingerprint density at radius 2 is 1.92 bits per heavy atom. The van der Waals surface area contributed by atoms with E-state index in [0.717, 1.165) is 48.0 Å². The maximum atomic E-state index is 11.5. The van der Waals surface area contributed by atoms with Crippen LogP contribution in [0.25, 0.3) is 22.5 Å². The lowest BCUT2D eigenvalue weighted by molar-refractivity contribution is 0.0601. The van der Waals surface area contributed by atoms with Gasteiger partial charge >= 0.3 is 5.97 Å². The van der Waals surface area contributed by atoms with Crippen LogP contribution in [0.2, 0.25) is 5.15 Å². The molecule has 0 aliphatic heterocycles.